The van der Waals surface area contributed by atoms with E-state index in [0.29, 0.717) is 5.56 Å². The molecule has 0 fully saturated rings. The molecule has 2 aromatic rings. The van der Waals surface area contributed by atoms with Gasteiger partial charge in [0.05, 0.1) is 18.6 Å². The number of rotatable bonds is 4. The Morgan fingerprint density at radius 1 is 1.32 bits per heavy atom. The summed E-state index contributed by atoms with van der Waals surface area (Å²) in [5.41, 5.74) is 0.511. The molecule has 2 amide bonds. The Morgan fingerprint density at radius 2 is 2.16 bits per heavy atom. The third kappa shape index (κ3) is 3.42. The van der Waals surface area contributed by atoms with Crippen molar-refractivity contribution in [1.82, 2.24) is 10.5 Å². The Hall–Kier alpha value is -2.61. The molecule has 2 rings (SSSR count). The van der Waals surface area contributed by atoms with Crippen molar-refractivity contribution >= 4 is 17.6 Å². The molecule has 0 unspecified atom stereocenters. The number of nitrogens with zero attached hydrogens (tertiary/aromatic N) is 1. The molecule has 0 saturated carbocycles. The second kappa shape index (κ2) is 5.83. The van der Waals surface area contributed by atoms with E-state index in [-0.39, 0.29) is 12.4 Å². The van der Waals surface area contributed by atoms with Crippen LogP contribution in [0.15, 0.2) is 39.9 Å². The van der Waals surface area contributed by atoms with Gasteiger partial charge in [0.15, 0.2) is 5.82 Å². The van der Waals surface area contributed by atoms with Gasteiger partial charge in [-0.3, -0.25) is 14.9 Å². The van der Waals surface area contributed by atoms with Gasteiger partial charge in [0.1, 0.15) is 6.26 Å². The van der Waals surface area contributed by atoms with E-state index < -0.39 is 17.9 Å². The first kappa shape index (κ1) is 12.8. The fourth-order valence-corrected chi connectivity index (χ4v) is 1.30. The van der Waals surface area contributed by atoms with Crippen LogP contribution in [-0.4, -0.2) is 28.6 Å². The van der Waals surface area contributed by atoms with Crippen molar-refractivity contribution in [2.24, 2.45) is 0 Å². The number of nitrogens with one attached hydrogen (secondary N) is 2. The minimum absolute atomic E-state index is 0.107. The summed E-state index contributed by atoms with van der Waals surface area (Å²) in [6, 6.07) is 2.96. The van der Waals surface area contributed by atoms with E-state index in [1.54, 1.807) is 6.07 Å². The zero-order valence-electron chi connectivity index (χ0n) is 9.70. The Labute approximate surface area is 107 Å². The Balaban J connectivity index is 1.79. The summed E-state index contributed by atoms with van der Waals surface area (Å²) < 4.78 is 9.28. The lowest BCUT2D eigenvalue weighted by atomic mass is 10.2. The number of carbonyl (C=O) groups is 2. The maximum Gasteiger partial charge on any atom is 0.314 e. The van der Waals surface area contributed by atoms with Crippen LogP contribution in [0.3, 0.4) is 0 Å². The molecule has 0 bridgehead atoms. The van der Waals surface area contributed by atoms with Gasteiger partial charge in [-0.2, -0.15) is 0 Å². The van der Waals surface area contributed by atoms with Crippen LogP contribution in [0.25, 0.3) is 0 Å². The molecule has 0 aliphatic rings. The maximum absolute atomic E-state index is 11.4. The third-order valence-corrected chi connectivity index (χ3v) is 2.27. The van der Waals surface area contributed by atoms with Gasteiger partial charge in [0, 0.05) is 18.2 Å². The zero-order valence-corrected chi connectivity index (χ0v) is 9.70. The van der Waals surface area contributed by atoms with E-state index in [1.165, 1.54) is 24.9 Å². The molecule has 19 heavy (non-hydrogen) atoms. The molecule has 3 N–H and O–H groups in total. The minimum atomic E-state index is -0.942. The van der Waals surface area contributed by atoms with Crippen LogP contribution >= 0.6 is 0 Å². The normalized spacial score (nSPS) is 11.8. The second-order valence-electron chi connectivity index (χ2n) is 3.62. The number of hydrogen-bond donors (Lipinski definition) is 3. The highest BCUT2D eigenvalue weighted by atomic mass is 16.5. The predicted molar refractivity (Wildman–Crippen MR) is 61.8 cm³/mol. The highest BCUT2D eigenvalue weighted by Crippen LogP contribution is 2.11. The van der Waals surface area contributed by atoms with Crippen LogP contribution in [0.5, 0.6) is 0 Å². The number of anilines is 1. The van der Waals surface area contributed by atoms with Crippen molar-refractivity contribution in [2.75, 3.05) is 11.9 Å². The van der Waals surface area contributed by atoms with E-state index in [1.807, 2.05) is 0 Å². The van der Waals surface area contributed by atoms with E-state index >= 15 is 0 Å². The van der Waals surface area contributed by atoms with Crippen LogP contribution < -0.4 is 10.6 Å². The standard InChI is InChI=1S/C11H11N3O5/c15-8(7-1-3-18-6-7)5-12-10(16)11(17)13-9-2-4-19-14-9/h1-4,6,8,15H,5H2,(H,12,16)(H,13,14,17)/t8-/m1/s1. The third-order valence-electron chi connectivity index (χ3n) is 2.27. The maximum atomic E-state index is 11.4. The van der Waals surface area contributed by atoms with Gasteiger partial charge < -0.3 is 19.4 Å². The summed E-state index contributed by atoms with van der Waals surface area (Å²) in [5, 5.41) is 17.6. The summed E-state index contributed by atoms with van der Waals surface area (Å²) in [6.45, 7) is -0.107. The van der Waals surface area contributed by atoms with Gasteiger partial charge in [-0.05, 0) is 6.07 Å². The summed E-state index contributed by atoms with van der Waals surface area (Å²) >= 11 is 0. The van der Waals surface area contributed by atoms with Crippen LogP contribution in [-0.2, 0) is 9.59 Å². The number of hydrogen-bond acceptors (Lipinski definition) is 6. The zero-order chi connectivity index (χ0) is 13.7. The van der Waals surface area contributed by atoms with Crippen molar-refractivity contribution in [2.45, 2.75) is 6.10 Å². The van der Waals surface area contributed by atoms with Gasteiger partial charge in [0.2, 0.25) is 0 Å². The smallest absolute Gasteiger partial charge is 0.314 e. The van der Waals surface area contributed by atoms with Crippen molar-refractivity contribution < 1.29 is 23.6 Å². The molecule has 1 atom stereocenters. The van der Waals surface area contributed by atoms with Crippen molar-refractivity contribution in [3.8, 4) is 0 Å². The number of aliphatic hydroxyl groups excluding tert-OH is 1. The van der Waals surface area contributed by atoms with Crippen molar-refractivity contribution in [3.05, 3.63) is 36.5 Å². The molecule has 2 aromatic heterocycles. The summed E-state index contributed by atoms with van der Waals surface area (Å²) in [7, 11) is 0. The lowest BCUT2D eigenvalue weighted by Crippen LogP contribution is -2.37. The number of amides is 2. The number of furan rings is 1. The average Bonchev–Trinajstić information content (AvgIpc) is 3.07. The van der Waals surface area contributed by atoms with E-state index in [2.05, 4.69) is 20.3 Å². The van der Waals surface area contributed by atoms with Gasteiger partial charge in [0.25, 0.3) is 0 Å². The fourth-order valence-electron chi connectivity index (χ4n) is 1.30. The van der Waals surface area contributed by atoms with Crippen LogP contribution in [0.1, 0.15) is 11.7 Å². The molecule has 0 saturated heterocycles. The number of aliphatic hydroxyl groups is 1. The number of aromatic nitrogens is 1. The first-order valence-electron chi connectivity index (χ1n) is 5.36. The molecule has 2 heterocycles. The van der Waals surface area contributed by atoms with Gasteiger partial charge >= 0.3 is 11.8 Å². The fraction of sp³-hybridized carbons (Fsp3) is 0.182. The van der Waals surface area contributed by atoms with Gasteiger partial charge in [-0.1, -0.05) is 5.16 Å². The summed E-state index contributed by atoms with van der Waals surface area (Å²) in [4.78, 5) is 22.8. The van der Waals surface area contributed by atoms with E-state index in [9.17, 15) is 14.7 Å². The molecule has 8 heteroatoms. The molecule has 100 valence electrons. The molecule has 8 nitrogen and oxygen atoms in total. The average molecular weight is 265 g/mol. The quantitative estimate of drug-likeness (QED) is 0.672. The first-order valence-corrected chi connectivity index (χ1v) is 5.36. The molecular formula is C11H11N3O5. The first-order chi connectivity index (χ1) is 9.16. The molecular weight excluding hydrogens is 254 g/mol. The number of carbonyl (C=O) groups excluding carboxylic acids is 2. The Kier molecular flexibility index (Phi) is 3.94. The largest absolute Gasteiger partial charge is 0.472 e. The van der Waals surface area contributed by atoms with Gasteiger partial charge in [-0.15, -0.1) is 0 Å². The molecule has 0 spiro atoms. The Bertz CT molecular complexity index is 535. The SMILES string of the molecule is O=C(NC[C@@H](O)c1ccoc1)C(=O)Nc1ccon1. The minimum Gasteiger partial charge on any atom is -0.472 e. The van der Waals surface area contributed by atoms with Crippen LogP contribution in [0, 0.1) is 0 Å². The molecule has 0 aliphatic carbocycles. The monoisotopic (exact) mass is 265 g/mol. The van der Waals surface area contributed by atoms with Crippen LogP contribution in [0.2, 0.25) is 0 Å². The second-order valence-corrected chi connectivity index (χ2v) is 3.62. The van der Waals surface area contributed by atoms with Crippen LogP contribution in [0.4, 0.5) is 5.82 Å². The summed E-state index contributed by atoms with van der Waals surface area (Å²) in [6.07, 6.45) is 3.07. The topological polar surface area (TPSA) is 118 Å². The summed E-state index contributed by atoms with van der Waals surface area (Å²) in [5.74, 6) is -1.64. The van der Waals surface area contributed by atoms with Gasteiger partial charge in [-0.25, -0.2) is 0 Å². The predicted octanol–water partition coefficient (Wildman–Crippen LogP) is 0.0559. The lowest BCUT2D eigenvalue weighted by molar-refractivity contribution is -0.136. The Morgan fingerprint density at radius 3 is 2.79 bits per heavy atom. The van der Waals surface area contributed by atoms with Crippen molar-refractivity contribution in [1.29, 1.82) is 0 Å². The molecule has 0 aromatic carbocycles. The highest BCUT2D eigenvalue weighted by Gasteiger charge is 2.17. The lowest BCUT2D eigenvalue weighted by Gasteiger charge is -2.09. The molecule has 0 aliphatic heterocycles. The van der Waals surface area contributed by atoms with E-state index in [0.717, 1.165) is 0 Å². The molecule has 0 radical (unpaired) electrons. The van der Waals surface area contributed by atoms with E-state index in [4.69, 9.17) is 4.42 Å². The highest BCUT2D eigenvalue weighted by molar-refractivity contribution is 6.39. The van der Waals surface area contributed by atoms with Crippen molar-refractivity contribution in [3.63, 3.8) is 0 Å².